The Morgan fingerprint density at radius 2 is 0.914 bits per heavy atom. The summed E-state index contributed by atoms with van der Waals surface area (Å²) >= 11 is 0. The Morgan fingerprint density at radius 3 is 1.57 bits per heavy atom. The van der Waals surface area contributed by atoms with Crippen molar-refractivity contribution in [2.45, 2.75) is 0 Å². The number of hydrogen-bond acceptors (Lipinski definition) is 0. The zero-order chi connectivity index (χ0) is 23.4. The molecule has 1 aliphatic carbocycles. The molecule has 0 aliphatic heterocycles. The normalized spacial score (nSPS) is 11.5. The molecule has 0 fully saturated rings. The fourth-order valence-electron chi connectivity index (χ4n) is 5.63. The number of rotatable bonds is 3. The van der Waals surface area contributed by atoms with Gasteiger partial charge in [0.05, 0.1) is 0 Å². The standard InChI is InChI=1S/C34H21B/c35-26-19-17-23(18-20-26)29-21-30(22-9-3-1-4-10-22)33-27-15-7-13-24-14-8-16-28(31(24)27)34(33)32(29)25-11-5-2-6-12-25/h1-21H. The topological polar surface area (TPSA) is 0 Å². The van der Waals surface area contributed by atoms with Gasteiger partial charge in [-0.05, 0) is 72.5 Å². The van der Waals surface area contributed by atoms with Crippen molar-refractivity contribution in [2.75, 3.05) is 0 Å². The molecule has 7 rings (SSSR count). The Balaban J connectivity index is 1.69. The molecular weight excluding hydrogens is 419 g/mol. The highest BCUT2D eigenvalue weighted by atomic mass is 14.3. The first kappa shape index (κ1) is 20.1. The third-order valence-corrected chi connectivity index (χ3v) is 7.14. The second kappa shape index (κ2) is 7.86. The summed E-state index contributed by atoms with van der Waals surface area (Å²) in [6, 6.07) is 45.6. The van der Waals surface area contributed by atoms with Crippen molar-refractivity contribution in [1.29, 1.82) is 0 Å². The van der Waals surface area contributed by atoms with Crippen LogP contribution in [0.1, 0.15) is 0 Å². The molecule has 2 radical (unpaired) electrons. The lowest BCUT2D eigenvalue weighted by atomic mass is 9.82. The molecule has 6 aromatic rings. The third kappa shape index (κ3) is 3.09. The fraction of sp³-hybridized carbons (Fsp3) is 0. The van der Waals surface area contributed by atoms with Crippen LogP contribution in [-0.2, 0) is 0 Å². The quantitative estimate of drug-likeness (QED) is 0.243. The van der Waals surface area contributed by atoms with E-state index in [0.29, 0.717) is 0 Å². The molecule has 0 heterocycles. The lowest BCUT2D eigenvalue weighted by Gasteiger charge is -2.21. The maximum absolute atomic E-state index is 6.07. The molecule has 160 valence electrons. The van der Waals surface area contributed by atoms with Crippen LogP contribution in [0.15, 0.2) is 127 Å². The van der Waals surface area contributed by atoms with E-state index in [1.54, 1.807) is 0 Å². The lowest BCUT2D eigenvalue weighted by molar-refractivity contribution is 1.57. The van der Waals surface area contributed by atoms with Crippen LogP contribution in [0.2, 0.25) is 0 Å². The van der Waals surface area contributed by atoms with Gasteiger partial charge in [0.1, 0.15) is 7.85 Å². The summed E-state index contributed by atoms with van der Waals surface area (Å²) in [7, 11) is 6.07. The summed E-state index contributed by atoms with van der Waals surface area (Å²) in [6.07, 6.45) is 0. The minimum atomic E-state index is 0.775. The Morgan fingerprint density at radius 1 is 0.371 bits per heavy atom. The summed E-state index contributed by atoms with van der Waals surface area (Å²) < 4.78 is 0. The smallest absolute Gasteiger partial charge is 0.0966 e. The Bertz CT molecular complexity index is 1710. The Labute approximate surface area is 206 Å². The summed E-state index contributed by atoms with van der Waals surface area (Å²) in [4.78, 5) is 0. The summed E-state index contributed by atoms with van der Waals surface area (Å²) in [5.74, 6) is 0. The van der Waals surface area contributed by atoms with Gasteiger partial charge in [-0.15, -0.1) is 0 Å². The summed E-state index contributed by atoms with van der Waals surface area (Å²) in [5, 5.41) is 2.62. The predicted molar refractivity (Wildman–Crippen MR) is 150 cm³/mol. The van der Waals surface area contributed by atoms with Gasteiger partial charge in [0.2, 0.25) is 0 Å². The molecule has 0 N–H and O–H groups in total. The van der Waals surface area contributed by atoms with Gasteiger partial charge in [0.25, 0.3) is 0 Å². The average Bonchev–Trinajstić information content (AvgIpc) is 3.26. The van der Waals surface area contributed by atoms with Crippen LogP contribution in [0.4, 0.5) is 0 Å². The molecule has 0 spiro atoms. The highest BCUT2D eigenvalue weighted by Crippen LogP contribution is 2.56. The van der Waals surface area contributed by atoms with Crippen LogP contribution < -0.4 is 5.46 Å². The molecule has 0 saturated carbocycles. The fourth-order valence-corrected chi connectivity index (χ4v) is 5.63. The van der Waals surface area contributed by atoms with Crippen LogP contribution in [-0.4, -0.2) is 7.85 Å². The zero-order valence-corrected chi connectivity index (χ0v) is 19.2. The van der Waals surface area contributed by atoms with Gasteiger partial charge in [-0.25, -0.2) is 0 Å². The molecule has 1 aliphatic rings. The van der Waals surface area contributed by atoms with Crippen molar-refractivity contribution in [1.82, 2.24) is 0 Å². The minimum Gasteiger partial charge on any atom is -0.0966 e. The van der Waals surface area contributed by atoms with E-state index < -0.39 is 0 Å². The Kier molecular flexibility index (Phi) is 4.50. The van der Waals surface area contributed by atoms with Crippen LogP contribution in [0, 0.1) is 0 Å². The molecule has 0 amide bonds. The second-order valence-corrected chi connectivity index (χ2v) is 9.16. The number of fused-ring (bicyclic) bond motifs is 3. The largest absolute Gasteiger partial charge is 0.113 e. The van der Waals surface area contributed by atoms with E-state index in [4.69, 9.17) is 7.85 Å². The van der Waals surface area contributed by atoms with Gasteiger partial charge in [0, 0.05) is 0 Å². The number of benzene rings is 6. The van der Waals surface area contributed by atoms with Gasteiger partial charge in [-0.1, -0.05) is 127 Å². The third-order valence-electron chi connectivity index (χ3n) is 7.14. The Hall–Kier alpha value is -4.36. The van der Waals surface area contributed by atoms with Crippen LogP contribution >= 0.6 is 0 Å². The molecule has 0 aromatic heterocycles. The average molecular weight is 440 g/mol. The van der Waals surface area contributed by atoms with E-state index in [-0.39, 0.29) is 0 Å². The first-order chi connectivity index (χ1) is 17.3. The highest BCUT2D eigenvalue weighted by molar-refractivity contribution is 6.32. The monoisotopic (exact) mass is 440 g/mol. The van der Waals surface area contributed by atoms with Gasteiger partial charge in [0.15, 0.2) is 0 Å². The zero-order valence-electron chi connectivity index (χ0n) is 19.2. The predicted octanol–water partition coefficient (Wildman–Crippen LogP) is 8.28. The van der Waals surface area contributed by atoms with Crippen molar-refractivity contribution in [3.63, 3.8) is 0 Å². The van der Waals surface area contributed by atoms with E-state index in [1.165, 1.54) is 66.4 Å². The van der Waals surface area contributed by atoms with E-state index in [0.717, 1.165) is 5.46 Å². The van der Waals surface area contributed by atoms with E-state index in [1.807, 2.05) is 12.1 Å². The van der Waals surface area contributed by atoms with Crippen LogP contribution in [0.25, 0.3) is 66.4 Å². The van der Waals surface area contributed by atoms with Gasteiger partial charge >= 0.3 is 0 Å². The molecular formula is C34H21B. The SMILES string of the molecule is [B]c1ccc(-c2cc(-c3ccccc3)c3c(c2-c2ccccc2)-c2cccc4cccc-3c24)cc1. The lowest BCUT2D eigenvalue weighted by Crippen LogP contribution is -2.00. The molecule has 0 bridgehead atoms. The maximum Gasteiger partial charge on any atom is 0.113 e. The molecule has 0 nitrogen and oxygen atoms in total. The van der Waals surface area contributed by atoms with Crippen LogP contribution in [0.3, 0.4) is 0 Å². The highest BCUT2D eigenvalue weighted by Gasteiger charge is 2.29. The molecule has 6 aromatic carbocycles. The number of hydrogen-bond donors (Lipinski definition) is 0. The first-order valence-corrected chi connectivity index (χ1v) is 12.0. The molecule has 0 unspecified atom stereocenters. The van der Waals surface area contributed by atoms with Crippen molar-refractivity contribution in [3.8, 4) is 55.6 Å². The summed E-state index contributed by atoms with van der Waals surface area (Å²) in [6.45, 7) is 0. The molecule has 0 atom stereocenters. The first-order valence-electron chi connectivity index (χ1n) is 12.0. The van der Waals surface area contributed by atoms with Crippen molar-refractivity contribution < 1.29 is 0 Å². The van der Waals surface area contributed by atoms with Crippen molar-refractivity contribution in [3.05, 3.63) is 127 Å². The van der Waals surface area contributed by atoms with E-state index >= 15 is 0 Å². The molecule has 0 saturated heterocycles. The molecule has 35 heavy (non-hydrogen) atoms. The van der Waals surface area contributed by atoms with Crippen LogP contribution in [0.5, 0.6) is 0 Å². The summed E-state index contributed by atoms with van der Waals surface area (Å²) in [5.41, 5.74) is 13.4. The van der Waals surface area contributed by atoms with Gasteiger partial charge in [-0.3, -0.25) is 0 Å². The van der Waals surface area contributed by atoms with Gasteiger partial charge < -0.3 is 0 Å². The second-order valence-electron chi connectivity index (χ2n) is 9.16. The minimum absolute atomic E-state index is 0.775. The van der Waals surface area contributed by atoms with E-state index in [9.17, 15) is 0 Å². The molecule has 1 heteroatoms. The van der Waals surface area contributed by atoms with Crippen molar-refractivity contribution in [2.24, 2.45) is 0 Å². The van der Waals surface area contributed by atoms with E-state index in [2.05, 4.69) is 115 Å². The van der Waals surface area contributed by atoms with Crippen molar-refractivity contribution >= 4 is 24.1 Å². The maximum atomic E-state index is 6.07. The van der Waals surface area contributed by atoms with Gasteiger partial charge in [-0.2, -0.15) is 0 Å².